The topological polar surface area (TPSA) is 156 Å². The molecule has 1 unspecified atom stereocenters. The first-order valence-corrected chi connectivity index (χ1v) is 9.16. The van der Waals surface area contributed by atoms with E-state index in [-0.39, 0.29) is 31.1 Å². The highest BCUT2D eigenvalue weighted by Crippen LogP contribution is 2.27. The molecular formula is C14H19N5O6S. The summed E-state index contributed by atoms with van der Waals surface area (Å²) in [5.41, 5.74) is 4.43. The maximum Gasteiger partial charge on any atom is 0.318 e. The number of urea groups is 1. The van der Waals surface area contributed by atoms with Gasteiger partial charge < -0.3 is 5.73 Å². The lowest BCUT2D eigenvalue weighted by atomic mass is 10.2. The first kappa shape index (κ1) is 19.8. The average Bonchev–Trinajstić information content (AvgIpc) is 2.60. The van der Waals surface area contributed by atoms with Gasteiger partial charge in [0.25, 0.3) is 5.69 Å². The fourth-order valence-corrected chi connectivity index (χ4v) is 4.27. The van der Waals surface area contributed by atoms with Crippen LogP contribution in [0.25, 0.3) is 0 Å². The Kier molecular flexibility index (Phi) is 5.90. The molecule has 11 nitrogen and oxygen atoms in total. The summed E-state index contributed by atoms with van der Waals surface area (Å²) in [5, 5.41) is 13.1. The van der Waals surface area contributed by atoms with E-state index in [4.69, 9.17) is 5.73 Å². The maximum absolute atomic E-state index is 12.7. The zero-order valence-corrected chi connectivity index (χ0v) is 14.8. The van der Waals surface area contributed by atoms with Crippen molar-refractivity contribution in [1.82, 2.24) is 14.5 Å². The van der Waals surface area contributed by atoms with E-state index in [2.05, 4.69) is 0 Å². The number of carbonyl (C=O) groups is 2. The minimum atomic E-state index is -4.04. The van der Waals surface area contributed by atoms with Crippen molar-refractivity contribution >= 4 is 27.6 Å². The van der Waals surface area contributed by atoms with E-state index in [1.54, 1.807) is 11.8 Å². The van der Waals surface area contributed by atoms with E-state index in [0.717, 1.165) is 10.4 Å². The molecule has 1 saturated heterocycles. The summed E-state index contributed by atoms with van der Waals surface area (Å²) < 4.78 is 26.6. The third-order valence-corrected chi connectivity index (χ3v) is 6.07. The van der Waals surface area contributed by atoms with Crippen LogP contribution in [0.5, 0.6) is 0 Å². The zero-order valence-electron chi connectivity index (χ0n) is 14.0. The predicted octanol–water partition coefficient (Wildman–Crippen LogP) is -0.515. The predicted molar refractivity (Wildman–Crippen MR) is 90.6 cm³/mol. The lowest BCUT2D eigenvalue weighted by molar-refractivity contribution is -0.387. The largest absolute Gasteiger partial charge is 0.351 e. The van der Waals surface area contributed by atoms with Crippen molar-refractivity contribution in [3.8, 4) is 0 Å². The second-order valence-electron chi connectivity index (χ2n) is 5.69. The first-order valence-electron chi connectivity index (χ1n) is 7.72. The highest BCUT2D eigenvalue weighted by Gasteiger charge is 2.35. The van der Waals surface area contributed by atoms with Crippen LogP contribution in [0, 0.1) is 10.1 Å². The molecule has 12 heteroatoms. The van der Waals surface area contributed by atoms with Crippen molar-refractivity contribution in [3.05, 3.63) is 34.4 Å². The number of amides is 3. The molecule has 0 spiro atoms. The number of nitrogens with zero attached hydrogens (tertiary/aromatic N) is 3. The summed E-state index contributed by atoms with van der Waals surface area (Å²) in [6.07, 6.45) is 0. The molecule has 3 N–H and O–H groups in total. The molecule has 2 rings (SSSR count). The lowest BCUT2D eigenvalue weighted by Gasteiger charge is -2.36. The molecule has 1 fully saturated rings. The number of nitrogens with one attached hydrogen (secondary N) is 1. The van der Waals surface area contributed by atoms with Gasteiger partial charge in [-0.15, -0.1) is 0 Å². The zero-order chi connectivity index (χ0) is 19.5. The molecule has 142 valence electrons. The lowest BCUT2D eigenvalue weighted by Crippen LogP contribution is -2.55. The number of nitrogens with two attached hydrogens (primary N) is 1. The summed E-state index contributed by atoms with van der Waals surface area (Å²) in [4.78, 5) is 34.3. The molecule has 0 saturated carbocycles. The molecule has 1 aliphatic rings. The molecule has 1 heterocycles. The number of rotatable bonds is 5. The number of primary amides is 1. The Morgan fingerprint density at radius 1 is 1.23 bits per heavy atom. The highest BCUT2D eigenvalue weighted by atomic mass is 32.2. The maximum atomic E-state index is 12.7. The van der Waals surface area contributed by atoms with Crippen LogP contribution in [0.15, 0.2) is 29.2 Å². The second kappa shape index (κ2) is 7.76. The summed E-state index contributed by atoms with van der Waals surface area (Å²) in [7, 11) is -4.04. The normalized spacial score (nSPS) is 17.4. The van der Waals surface area contributed by atoms with Gasteiger partial charge in [0.05, 0.1) is 11.0 Å². The van der Waals surface area contributed by atoms with Crippen LogP contribution in [0.2, 0.25) is 0 Å². The van der Waals surface area contributed by atoms with E-state index in [1.165, 1.54) is 18.2 Å². The van der Waals surface area contributed by atoms with Crippen LogP contribution in [-0.2, 0) is 14.8 Å². The SMILES string of the molecule is CC(C(=O)NC(N)=O)N1CCN(S(=O)(=O)c2ccccc2[N+](=O)[O-])CC1. The monoisotopic (exact) mass is 385 g/mol. The van der Waals surface area contributed by atoms with Gasteiger partial charge in [-0.2, -0.15) is 4.31 Å². The number of benzene rings is 1. The minimum Gasteiger partial charge on any atom is -0.351 e. The van der Waals surface area contributed by atoms with Gasteiger partial charge in [-0.1, -0.05) is 12.1 Å². The van der Waals surface area contributed by atoms with Crippen LogP contribution in [0.1, 0.15) is 6.92 Å². The molecule has 1 aliphatic heterocycles. The van der Waals surface area contributed by atoms with Crippen LogP contribution < -0.4 is 11.1 Å². The van der Waals surface area contributed by atoms with Crippen LogP contribution in [0.3, 0.4) is 0 Å². The van der Waals surface area contributed by atoms with Crippen LogP contribution >= 0.6 is 0 Å². The van der Waals surface area contributed by atoms with Crippen molar-refractivity contribution in [2.45, 2.75) is 17.9 Å². The molecule has 0 radical (unpaired) electrons. The summed E-state index contributed by atoms with van der Waals surface area (Å²) in [5.74, 6) is -0.576. The van der Waals surface area contributed by atoms with E-state index >= 15 is 0 Å². The smallest absolute Gasteiger partial charge is 0.318 e. The summed E-state index contributed by atoms with van der Waals surface area (Å²) >= 11 is 0. The Labute approximate surface area is 149 Å². The standard InChI is InChI=1S/C14H19N5O6S/c1-10(13(20)16-14(15)21)17-6-8-18(9-7-17)26(24,25)12-5-3-2-4-11(12)19(22)23/h2-5,10H,6-9H2,1H3,(H3,15,16,20,21). The van der Waals surface area contributed by atoms with Crippen molar-refractivity contribution in [1.29, 1.82) is 0 Å². The van der Waals surface area contributed by atoms with Crippen LogP contribution in [-0.4, -0.2) is 66.7 Å². The van der Waals surface area contributed by atoms with Crippen molar-refractivity contribution in [3.63, 3.8) is 0 Å². The number of hydrogen-bond donors (Lipinski definition) is 2. The Morgan fingerprint density at radius 3 is 2.35 bits per heavy atom. The van der Waals surface area contributed by atoms with Gasteiger partial charge in [-0.3, -0.25) is 25.1 Å². The molecule has 0 aliphatic carbocycles. The Balaban J connectivity index is 2.11. The third-order valence-electron chi connectivity index (χ3n) is 4.13. The van der Waals surface area contributed by atoms with E-state index in [0.29, 0.717) is 0 Å². The van der Waals surface area contributed by atoms with Crippen molar-refractivity contribution in [2.24, 2.45) is 5.73 Å². The van der Waals surface area contributed by atoms with Gasteiger partial charge in [0.2, 0.25) is 15.9 Å². The summed E-state index contributed by atoms with van der Waals surface area (Å²) in [6.45, 7) is 2.15. The number of para-hydroxylation sites is 1. The van der Waals surface area contributed by atoms with Gasteiger partial charge in [0, 0.05) is 32.2 Å². The van der Waals surface area contributed by atoms with Gasteiger partial charge in [-0.25, -0.2) is 13.2 Å². The molecular weight excluding hydrogens is 366 g/mol. The van der Waals surface area contributed by atoms with Crippen molar-refractivity contribution < 1.29 is 22.9 Å². The fraction of sp³-hybridized carbons (Fsp3) is 0.429. The number of nitro groups is 1. The summed E-state index contributed by atoms with van der Waals surface area (Å²) in [6, 6.07) is 3.53. The minimum absolute atomic E-state index is 0.0581. The van der Waals surface area contributed by atoms with E-state index < -0.39 is 38.6 Å². The fourth-order valence-electron chi connectivity index (χ4n) is 2.69. The van der Waals surface area contributed by atoms with Crippen molar-refractivity contribution in [2.75, 3.05) is 26.2 Å². The number of carbonyl (C=O) groups excluding carboxylic acids is 2. The van der Waals surface area contributed by atoms with Gasteiger partial charge in [0.1, 0.15) is 0 Å². The van der Waals surface area contributed by atoms with Crippen LogP contribution in [0.4, 0.5) is 10.5 Å². The molecule has 0 aromatic heterocycles. The molecule has 1 aromatic carbocycles. The number of sulfonamides is 1. The quantitative estimate of drug-likeness (QED) is 0.510. The highest BCUT2D eigenvalue weighted by molar-refractivity contribution is 7.89. The van der Waals surface area contributed by atoms with E-state index in [1.807, 2.05) is 5.32 Å². The molecule has 1 aromatic rings. The third kappa shape index (κ3) is 4.15. The Morgan fingerprint density at radius 2 is 1.81 bits per heavy atom. The number of piperazine rings is 1. The number of hydrogen-bond acceptors (Lipinski definition) is 7. The molecule has 3 amide bonds. The first-order chi connectivity index (χ1) is 12.1. The second-order valence-corrected chi connectivity index (χ2v) is 7.60. The molecule has 26 heavy (non-hydrogen) atoms. The average molecular weight is 385 g/mol. The molecule has 1 atom stereocenters. The number of imide groups is 1. The Hall–Kier alpha value is -2.57. The molecule has 0 bridgehead atoms. The number of nitro benzene ring substituents is 1. The van der Waals surface area contributed by atoms with Gasteiger partial charge in [-0.05, 0) is 13.0 Å². The van der Waals surface area contributed by atoms with E-state index in [9.17, 15) is 28.1 Å². The van der Waals surface area contributed by atoms with Gasteiger partial charge in [0.15, 0.2) is 4.90 Å². The Bertz CT molecular complexity index is 819. The van der Waals surface area contributed by atoms with Gasteiger partial charge >= 0.3 is 6.03 Å².